The predicted octanol–water partition coefficient (Wildman–Crippen LogP) is 4.76. The largest absolute Gasteiger partial charge is 0.375 e. The molecule has 1 heterocycles. The minimum atomic E-state index is 0.0752. The van der Waals surface area contributed by atoms with Crippen molar-refractivity contribution in [1.82, 2.24) is 0 Å². The van der Waals surface area contributed by atoms with Crippen LogP contribution >= 0.6 is 0 Å². The predicted molar refractivity (Wildman–Crippen MR) is 82.7 cm³/mol. The Balaban J connectivity index is 1.86. The van der Waals surface area contributed by atoms with E-state index < -0.39 is 0 Å². The average molecular weight is 280 g/mol. The van der Waals surface area contributed by atoms with Crippen LogP contribution in [0.3, 0.4) is 0 Å². The molecule has 1 aliphatic carbocycles. The molecule has 1 saturated heterocycles. The summed E-state index contributed by atoms with van der Waals surface area (Å²) in [5.74, 6) is 1.27. The van der Waals surface area contributed by atoms with E-state index in [2.05, 4.69) is 27.7 Å². The Labute approximate surface area is 124 Å². The van der Waals surface area contributed by atoms with Gasteiger partial charge in [0.25, 0.3) is 0 Å². The molecular formula is C18H32O2. The third-order valence-corrected chi connectivity index (χ3v) is 4.97. The summed E-state index contributed by atoms with van der Waals surface area (Å²) in [6.07, 6.45) is 8.74. The molecule has 1 aliphatic heterocycles. The number of rotatable bonds is 4. The Morgan fingerprint density at radius 2 is 1.95 bits per heavy atom. The number of Topliss-reactive ketones (excluding diaryl/α,β-unsaturated/α-hetero) is 1. The van der Waals surface area contributed by atoms with Gasteiger partial charge in [0.2, 0.25) is 0 Å². The Bertz CT molecular complexity index is 334. The molecule has 2 heteroatoms. The third-order valence-electron chi connectivity index (χ3n) is 4.97. The molecule has 0 radical (unpaired) electrons. The van der Waals surface area contributed by atoms with E-state index in [0.717, 1.165) is 32.3 Å². The quantitative estimate of drug-likeness (QED) is 0.742. The summed E-state index contributed by atoms with van der Waals surface area (Å²) in [6.45, 7) is 9.81. The van der Waals surface area contributed by atoms with Crippen molar-refractivity contribution in [3.8, 4) is 0 Å². The first-order valence-electron chi connectivity index (χ1n) is 8.46. The van der Waals surface area contributed by atoms with E-state index >= 15 is 0 Å². The molecule has 1 saturated carbocycles. The van der Waals surface area contributed by atoms with Crippen molar-refractivity contribution in [1.29, 1.82) is 0 Å². The van der Waals surface area contributed by atoms with E-state index in [9.17, 15) is 4.79 Å². The van der Waals surface area contributed by atoms with Crippen LogP contribution in [0.1, 0.15) is 79.1 Å². The molecule has 0 N–H and O–H groups in total. The summed E-state index contributed by atoms with van der Waals surface area (Å²) in [4.78, 5) is 12.6. The zero-order valence-corrected chi connectivity index (χ0v) is 13.8. The van der Waals surface area contributed by atoms with Gasteiger partial charge in [-0.1, -0.05) is 40.5 Å². The molecule has 0 bridgehead atoms. The molecule has 2 nitrogen and oxygen atoms in total. The van der Waals surface area contributed by atoms with Gasteiger partial charge in [-0.2, -0.15) is 0 Å². The molecule has 0 amide bonds. The molecule has 0 aromatic rings. The fraction of sp³-hybridized carbons (Fsp3) is 0.944. The summed E-state index contributed by atoms with van der Waals surface area (Å²) in [7, 11) is 0. The maximum atomic E-state index is 12.6. The van der Waals surface area contributed by atoms with Gasteiger partial charge < -0.3 is 4.74 Å². The third kappa shape index (κ3) is 4.31. The lowest BCUT2D eigenvalue weighted by Crippen LogP contribution is -2.40. The van der Waals surface area contributed by atoms with Gasteiger partial charge in [0.15, 0.2) is 0 Å². The van der Waals surface area contributed by atoms with Crippen molar-refractivity contribution in [2.24, 2.45) is 17.3 Å². The number of hydrogen-bond donors (Lipinski definition) is 0. The van der Waals surface area contributed by atoms with Crippen LogP contribution in [0.5, 0.6) is 0 Å². The number of carbonyl (C=O) groups is 1. The number of hydrogen-bond acceptors (Lipinski definition) is 2. The summed E-state index contributed by atoms with van der Waals surface area (Å²) in [6, 6.07) is 0. The van der Waals surface area contributed by atoms with E-state index in [1.807, 2.05) is 0 Å². The highest BCUT2D eigenvalue weighted by Crippen LogP contribution is 2.42. The van der Waals surface area contributed by atoms with Gasteiger partial charge in [0.05, 0.1) is 5.60 Å². The smallest absolute Gasteiger partial charge is 0.136 e. The minimum absolute atomic E-state index is 0.0752. The van der Waals surface area contributed by atoms with E-state index in [-0.39, 0.29) is 11.5 Å². The molecule has 2 unspecified atom stereocenters. The lowest BCUT2D eigenvalue weighted by atomic mass is 9.78. The van der Waals surface area contributed by atoms with Crippen LogP contribution < -0.4 is 0 Å². The topological polar surface area (TPSA) is 26.3 Å². The van der Waals surface area contributed by atoms with Gasteiger partial charge in [0, 0.05) is 18.9 Å². The zero-order chi connectivity index (χ0) is 14.8. The van der Waals surface area contributed by atoms with Gasteiger partial charge >= 0.3 is 0 Å². The van der Waals surface area contributed by atoms with Gasteiger partial charge in [-0.05, 0) is 43.4 Å². The first-order chi connectivity index (χ1) is 9.30. The van der Waals surface area contributed by atoms with Crippen LogP contribution in [0, 0.1) is 17.3 Å². The Morgan fingerprint density at radius 3 is 2.55 bits per heavy atom. The molecule has 0 aromatic heterocycles. The molecule has 2 aliphatic rings. The highest BCUT2D eigenvalue weighted by atomic mass is 16.5. The van der Waals surface area contributed by atoms with Gasteiger partial charge in [-0.3, -0.25) is 4.79 Å². The lowest BCUT2D eigenvalue weighted by molar-refractivity contribution is -0.137. The van der Waals surface area contributed by atoms with Gasteiger partial charge in [-0.25, -0.2) is 0 Å². The van der Waals surface area contributed by atoms with E-state index in [4.69, 9.17) is 4.74 Å². The highest BCUT2D eigenvalue weighted by Gasteiger charge is 2.41. The monoisotopic (exact) mass is 280 g/mol. The van der Waals surface area contributed by atoms with Gasteiger partial charge in [-0.15, -0.1) is 0 Å². The van der Waals surface area contributed by atoms with Gasteiger partial charge in [0.1, 0.15) is 5.78 Å². The average Bonchev–Trinajstić information content (AvgIpc) is 2.74. The van der Waals surface area contributed by atoms with Crippen LogP contribution in [-0.2, 0) is 9.53 Å². The second kappa shape index (κ2) is 6.17. The zero-order valence-electron chi connectivity index (χ0n) is 13.8. The first kappa shape index (κ1) is 16.0. The molecule has 2 rings (SSSR count). The lowest BCUT2D eigenvalue weighted by Gasteiger charge is -2.38. The molecule has 116 valence electrons. The van der Waals surface area contributed by atoms with Crippen LogP contribution in [-0.4, -0.2) is 18.0 Å². The fourth-order valence-corrected chi connectivity index (χ4v) is 4.30. The standard InChI is InChI=1S/C18H32O2/c1-14(12-17(2,3)4)11-16(19)15-7-10-20-18(13-15)8-5-6-9-18/h14-15H,5-13H2,1-4H3. The van der Waals surface area contributed by atoms with Crippen molar-refractivity contribution >= 4 is 5.78 Å². The van der Waals surface area contributed by atoms with E-state index in [0.29, 0.717) is 17.1 Å². The minimum Gasteiger partial charge on any atom is -0.375 e. The van der Waals surface area contributed by atoms with Crippen LogP contribution in [0.25, 0.3) is 0 Å². The molecule has 20 heavy (non-hydrogen) atoms. The Morgan fingerprint density at radius 1 is 1.30 bits per heavy atom. The van der Waals surface area contributed by atoms with Crippen molar-refractivity contribution in [3.63, 3.8) is 0 Å². The second-order valence-corrected chi connectivity index (χ2v) is 8.47. The summed E-state index contributed by atoms with van der Waals surface area (Å²) in [5.41, 5.74) is 0.397. The molecule has 2 atom stereocenters. The van der Waals surface area contributed by atoms with E-state index in [1.165, 1.54) is 25.7 Å². The molecule has 1 spiro atoms. The summed E-state index contributed by atoms with van der Waals surface area (Å²) < 4.78 is 6.04. The Hall–Kier alpha value is -0.370. The maximum Gasteiger partial charge on any atom is 0.136 e. The van der Waals surface area contributed by atoms with Crippen molar-refractivity contribution in [2.45, 2.75) is 84.7 Å². The number of ether oxygens (including phenoxy) is 1. The van der Waals surface area contributed by atoms with Crippen LogP contribution in [0.4, 0.5) is 0 Å². The molecular weight excluding hydrogens is 248 g/mol. The van der Waals surface area contributed by atoms with Crippen molar-refractivity contribution in [2.75, 3.05) is 6.61 Å². The van der Waals surface area contributed by atoms with Crippen molar-refractivity contribution < 1.29 is 9.53 Å². The summed E-state index contributed by atoms with van der Waals surface area (Å²) >= 11 is 0. The molecule has 2 fully saturated rings. The summed E-state index contributed by atoms with van der Waals surface area (Å²) in [5, 5.41) is 0. The van der Waals surface area contributed by atoms with Crippen LogP contribution in [0.15, 0.2) is 0 Å². The first-order valence-corrected chi connectivity index (χ1v) is 8.46. The SMILES string of the molecule is CC(CC(=O)C1CCOC2(CCCC2)C1)CC(C)(C)C. The fourth-order valence-electron chi connectivity index (χ4n) is 4.30. The highest BCUT2D eigenvalue weighted by molar-refractivity contribution is 5.81. The van der Waals surface area contributed by atoms with Crippen LogP contribution in [0.2, 0.25) is 0 Å². The maximum absolute atomic E-state index is 12.6. The number of ketones is 1. The number of carbonyl (C=O) groups excluding carboxylic acids is 1. The Kier molecular flexibility index (Phi) is 4.94. The van der Waals surface area contributed by atoms with Crippen molar-refractivity contribution in [3.05, 3.63) is 0 Å². The van der Waals surface area contributed by atoms with E-state index in [1.54, 1.807) is 0 Å². The second-order valence-electron chi connectivity index (χ2n) is 8.47. The molecule has 0 aromatic carbocycles. The normalized spacial score (nSPS) is 27.7.